The molecule has 162 valence electrons. The summed E-state index contributed by atoms with van der Waals surface area (Å²) >= 11 is 1.40. The van der Waals surface area contributed by atoms with E-state index in [0.717, 1.165) is 39.8 Å². The van der Waals surface area contributed by atoms with Crippen LogP contribution in [0.25, 0.3) is 27.3 Å². The number of ether oxygens (including phenoxy) is 1. The van der Waals surface area contributed by atoms with Crippen LogP contribution in [0, 0.1) is 6.92 Å². The summed E-state index contributed by atoms with van der Waals surface area (Å²) in [4.78, 5) is 19.3. The fourth-order valence-corrected chi connectivity index (χ4v) is 5.48. The number of amides is 1. The summed E-state index contributed by atoms with van der Waals surface area (Å²) in [7, 11) is 1.65. The lowest BCUT2D eigenvalue weighted by Crippen LogP contribution is -2.12. The van der Waals surface area contributed by atoms with Gasteiger partial charge in [0.25, 0.3) is 5.91 Å². The van der Waals surface area contributed by atoms with Crippen molar-refractivity contribution in [2.24, 2.45) is 0 Å². The van der Waals surface area contributed by atoms with Crippen LogP contribution in [-0.2, 0) is 6.42 Å². The SMILES string of the molecule is COc1ccc(-c2cn3c(C)c(C(=O)Nc4ccc5c(c4)Cc4ccccc4-5)sc3n2)cc1. The third-order valence-corrected chi connectivity index (χ3v) is 7.36. The van der Waals surface area contributed by atoms with Gasteiger partial charge in [0, 0.05) is 23.1 Å². The van der Waals surface area contributed by atoms with Gasteiger partial charge in [0.1, 0.15) is 10.6 Å². The summed E-state index contributed by atoms with van der Waals surface area (Å²) in [6, 6.07) is 22.4. The number of methoxy groups -OCH3 is 1. The molecule has 0 radical (unpaired) electrons. The first-order valence-electron chi connectivity index (χ1n) is 10.8. The second-order valence-electron chi connectivity index (χ2n) is 8.18. The van der Waals surface area contributed by atoms with Gasteiger partial charge in [-0.15, -0.1) is 0 Å². The second-order valence-corrected chi connectivity index (χ2v) is 9.16. The number of nitrogens with zero attached hydrogens (tertiary/aromatic N) is 2. The fraction of sp³-hybridized carbons (Fsp3) is 0.111. The standard InChI is InChI=1S/C27H21N3O2S/c1-16-25(33-27-29-24(15-30(16)27)17-7-10-21(32-2)11-8-17)26(31)28-20-9-12-23-19(14-20)13-18-5-3-4-6-22(18)23/h3-12,14-15H,13H2,1-2H3,(H,28,31). The first kappa shape index (κ1) is 19.8. The molecule has 5 aromatic rings. The Kier molecular flexibility index (Phi) is 4.55. The van der Waals surface area contributed by atoms with Crippen molar-refractivity contribution in [3.05, 3.63) is 94.6 Å². The predicted molar refractivity (Wildman–Crippen MR) is 132 cm³/mol. The molecule has 1 aliphatic rings. The number of fused-ring (bicyclic) bond motifs is 4. The number of hydrogen-bond donors (Lipinski definition) is 1. The maximum atomic E-state index is 13.1. The minimum absolute atomic E-state index is 0.107. The van der Waals surface area contributed by atoms with Crippen LogP contribution in [0.5, 0.6) is 5.75 Å². The molecule has 1 aliphatic carbocycles. The molecule has 5 nitrogen and oxygen atoms in total. The number of hydrogen-bond acceptors (Lipinski definition) is 4. The Hall–Kier alpha value is -3.90. The third-order valence-electron chi connectivity index (χ3n) is 6.20. The van der Waals surface area contributed by atoms with Gasteiger partial charge in [-0.25, -0.2) is 4.98 Å². The Morgan fingerprint density at radius 3 is 2.61 bits per heavy atom. The minimum Gasteiger partial charge on any atom is -0.497 e. The molecule has 1 N–H and O–H groups in total. The molecule has 3 aromatic carbocycles. The molecule has 0 atom stereocenters. The van der Waals surface area contributed by atoms with Crippen LogP contribution in [0.3, 0.4) is 0 Å². The molecule has 33 heavy (non-hydrogen) atoms. The molecular formula is C27H21N3O2S. The first-order chi connectivity index (χ1) is 16.1. The molecule has 2 heterocycles. The number of thiazole rings is 1. The number of carbonyl (C=O) groups is 1. The number of aromatic nitrogens is 2. The molecule has 0 saturated heterocycles. The number of aryl methyl sites for hydroxylation is 1. The van der Waals surface area contributed by atoms with Crippen LogP contribution in [-0.4, -0.2) is 22.4 Å². The zero-order chi connectivity index (χ0) is 22.5. The summed E-state index contributed by atoms with van der Waals surface area (Å²) in [5, 5.41) is 3.08. The number of benzene rings is 3. The van der Waals surface area contributed by atoms with Gasteiger partial charge in [-0.1, -0.05) is 41.7 Å². The van der Waals surface area contributed by atoms with Gasteiger partial charge in [-0.2, -0.15) is 0 Å². The Balaban J connectivity index is 1.25. The lowest BCUT2D eigenvalue weighted by atomic mass is 10.1. The van der Waals surface area contributed by atoms with E-state index in [-0.39, 0.29) is 5.91 Å². The van der Waals surface area contributed by atoms with Gasteiger partial charge in [-0.05, 0) is 72.0 Å². The van der Waals surface area contributed by atoms with Crippen molar-refractivity contribution < 1.29 is 9.53 Å². The highest BCUT2D eigenvalue weighted by Gasteiger charge is 2.21. The fourth-order valence-electron chi connectivity index (χ4n) is 4.47. The van der Waals surface area contributed by atoms with Gasteiger partial charge in [0.05, 0.1) is 12.8 Å². The first-order valence-corrected chi connectivity index (χ1v) is 11.6. The van der Waals surface area contributed by atoms with Crippen LogP contribution in [0.15, 0.2) is 72.9 Å². The molecule has 0 bridgehead atoms. The number of carbonyl (C=O) groups excluding carboxylic acids is 1. The average Bonchev–Trinajstić information content (AvgIpc) is 3.51. The highest BCUT2D eigenvalue weighted by atomic mass is 32.1. The summed E-state index contributed by atoms with van der Waals surface area (Å²) in [6.45, 7) is 1.96. The van der Waals surface area contributed by atoms with Crippen molar-refractivity contribution in [2.45, 2.75) is 13.3 Å². The number of rotatable bonds is 4. The van der Waals surface area contributed by atoms with Crippen molar-refractivity contribution in [3.63, 3.8) is 0 Å². The molecule has 6 heteroatoms. The van der Waals surface area contributed by atoms with E-state index in [2.05, 4.69) is 41.7 Å². The van der Waals surface area contributed by atoms with Crippen LogP contribution >= 0.6 is 11.3 Å². The molecule has 0 saturated carbocycles. The molecular weight excluding hydrogens is 430 g/mol. The lowest BCUT2D eigenvalue weighted by molar-refractivity contribution is 0.102. The second kappa shape index (κ2) is 7.60. The molecule has 0 aliphatic heterocycles. The molecule has 6 rings (SSSR count). The van der Waals surface area contributed by atoms with E-state index in [0.29, 0.717) is 4.88 Å². The van der Waals surface area contributed by atoms with Gasteiger partial charge >= 0.3 is 0 Å². The average molecular weight is 452 g/mol. The Morgan fingerprint density at radius 1 is 1.03 bits per heavy atom. The van der Waals surface area contributed by atoms with E-state index in [4.69, 9.17) is 9.72 Å². The molecule has 0 spiro atoms. The van der Waals surface area contributed by atoms with Crippen molar-refractivity contribution in [1.82, 2.24) is 9.38 Å². The van der Waals surface area contributed by atoms with Crippen molar-refractivity contribution in [3.8, 4) is 28.1 Å². The third kappa shape index (κ3) is 3.31. The van der Waals surface area contributed by atoms with Crippen LogP contribution < -0.4 is 10.1 Å². The van der Waals surface area contributed by atoms with E-state index < -0.39 is 0 Å². The Bertz CT molecular complexity index is 1530. The summed E-state index contributed by atoms with van der Waals surface area (Å²) in [6.07, 6.45) is 2.88. The highest BCUT2D eigenvalue weighted by Crippen LogP contribution is 2.38. The molecule has 0 fully saturated rings. The maximum absolute atomic E-state index is 13.1. The van der Waals surface area contributed by atoms with Crippen molar-refractivity contribution in [1.29, 1.82) is 0 Å². The van der Waals surface area contributed by atoms with Crippen LogP contribution in [0.1, 0.15) is 26.5 Å². The Labute approximate surface area is 195 Å². The topological polar surface area (TPSA) is 55.6 Å². The normalized spacial score (nSPS) is 11.9. The number of imidazole rings is 1. The largest absolute Gasteiger partial charge is 0.497 e. The smallest absolute Gasteiger partial charge is 0.267 e. The predicted octanol–water partition coefficient (Wildman–Crippen LogP) is 6.20. The van der Waals surface area contributed by atoms with E-state index in [1.165, 1.54) is 33.6 Å². The van der Waals surface area contributed by atoms with Crippen molar-refractivity contribution in [2.75, 3.05) is 12.4 Å². The zero-order valence-electron chi connectivity index (χ0n) is 18.3. The summed E-state index contributed by atoms with van der Waals surface area (Å²) < 4.78 is 7.22. The number of nitrogens with one attached hydrogen (secondary N) is 1. The molecule has 2 aromatic heterocycles. The van der Waals surface area contributed by atoms with E-state index in [1.54, 1.807) is 7.11 Å². The quantitative estimate of drug-likeness (QED) is 0.347. The van der Waals surface area contributed by atoms with Gasteiger partial charge in [0.2, 0.25) is 0 Å². The highest BCUT2D eigenvalue weighted by molar-refractivity contribution is 7.19. The van der Waals surface area contributed by atoms with Crippen LogP contribution in [0.4, 0.5) is 5.69 Å². The summed E-state index contributed by atoms with van der Waals surface area (Å²) in [5.74, 6) is 0.704. The minimum atomic E-state index is -0.107. The molecule has 1 amide bonds. The summed E-state index contributed by atoms with van der Waals surface area (Å²) in [5.41, 5.74) is 8.70. The van der Waals surface area contributed by atoms with Gasteiger partial charge in [-0.3, -0.25) is 9.20 Å². The lowest BCUT2D eigenvalue weighted by Gasteiger charge is -2.07. The zero-order valence-corrected chi connectivity index (χ0v) is 19.1. The van der Waals surface area contributed by atoms with Crippen molar-refractivity contribution >= 4 is 27.9 Å². The molecule has 0 unspecified atom stereocenters. The number of anilines is 1. The van der Waals surface area contributed by atoms with E-state index in [9.17, 15) is 4.79 Å². The van der Waals surface area contributed by atoms with Gasteiger partial charge in [0.15, 0.2) is 4.96 Å². The van der Waals surface area contributed by atoms with E-state index in [1.807, 2.05) is 47.9 Å². The monoisotopic (exact) mass is 451 g/mol. The van der Waals surface area contributed by atoms with E-state index >= 15 is 0 Å². The Morgan fingerprint density at radius 2 is 1.82 bits per heavy atom. The van der Waals surface area contributed by atoms with Crippen LogP contribution in [0.2, 0.25) is 0 Å². The van der Waals surface area contributed by atoms with Gasteiger partial charge < -0.3 is 10.1 Å². The maximum Gasteiger partial charge on any atom is 0.267 e.